The number of aliphatic imine (C=N–C) groups is 1. The van der Waals surface area contributed by atoms with Crippen molar-refractivity contribution in [1.82, 2.24) is 25.2 Å². The van der Waals surface area contributed by atoms with Gasteiger partial charge in [0.15, 0.2) is 11.6 Å². The van der Waals surface area contributed by atoms with E-state index in [4.69, 9.17) is 0 Å². The number of pyridine rings is 1. The first-order valence-electron chi connectivity index (χ1n) is 8.56. The molecule has 1 unspecified atom stereocenters. The van der Waals surface area contributed by atoms with Gasteiger partial charge in [0.1, 0.15) is 5.82 Å². The molecule has 2 N–H and O–H groups in total. The third kappa shape index (κ3) is 4.35. The van der Waals surface area contributed by atoms with Gasteiger partial charge < -0.3 is 10.6 Å². The maximum absolute atomic E-state index is 4.29. The van der Waals surface area contributed by atoms with Crippen molar-refractivity contribution in [3.05, 3.63) is 66.1 Å². The van der Waals surface area contributed by atoms with E-state index in [1.54, 1.807) is 7.05 Å². The molecule has 0 saturated heterocycles. The van der Waals surface area contributed by atoms with E-state index in [-0.39, 0.29) is 0 Å². The highest BCUT2D eigenvalue weighted by Gasteiger charge is 2.07. The van der Waals surface area contributed by atoms with Crippen molar-refractivity contribution >= 4 is 11.6 Å². The molecule has 0 aliphatic carbocycles. The SMILES string of the molecule is CN=C(NCCc1nnc2ccccn12)NCC(C)c1ccccc1. The van der Waals surface area contributed by atoms with Gasteiger partial charge in [0.2, 0.25) is 0 Å². The Bertz CT molecular complexity index is 824. The summed E-state index contributed by atoms with van der Waals surface area (Å²) in [6.45, 7) is 3.78. The summed E-state index contributed by atoms with van der Waals surface area (Å²) in [6, 6.07) is 16.4. The van der Waals surface area contributed by atoms with Crippen LogP contribution in [-0.2, 0) is 6.42 Å². The molecule has 130 valence electrons. The number of nitrogens with zero attached hydrogens (tertiary/aromatic N) is 4. The first-order chi connectivity index (χ1) is 12.3. The highest BCUT2D eigenvalue weighted by molar-refractivity contribution is 5.79. The van der Waals surface area contributed by atoms with Crippen LogP contribution in [0.2, 0.25) is 0 Å². The largest absolute Gasteiger partial charge is 0.356 e. The number of fused-ring (bicyclic) bond motifs is 1. The van der Waals surface area contributed by atoms with Gasteiger partial charge >= 0.3 is 0 Å². The number of hydrogen-bond acceptors (Lipinski definition) is 3. The highest BCUT2D eigenvalue weighted by atomic mass is 15.2. The van der Waals surface area contributed by atoms with Crippen LogP contribution in [0.1, 0.15) is 24.2 Å². The number of rotatable bonds is 6. The Morgan fingerprint density at radius 1 is 1.08 bits per heavy atom. The Hall–Kier alpha value is -2.89. The zero-order chi connectivity index (χ0) is 17.5. The Labute approximate surface area is 148 Å². The summed E-state index contributed by atoms with van der Waals surface area (Å²) in [5, 5.41) is 15.1. The Balaban J connectivity index is 1.48. The summed E-state index contributed by atoms with van der Waals surface area (Å²) >= 11 is 0. The van der Waals surface area contributed by atoms with Crippen molar-refractivity contribution in [3.63, 3.8) is 0 Å². The third-order valence-corrected chi connectivity index (χ3v) is 4.19. The molecule has 25 heavy (non-hydrogen) atoms. The molecule has 6 nitrogen and oxygen atoms in total. The average molecular weight is 336 g/mol. The number of aromatic nitrogens is 3. The van der Waals surface area contributed by atoms with Crippen LogP contribution in [0.25, 0.3) is 5.65 Å². The first-order valence-corrected chi connectivity index (χ1v) is 8.56. The van der Waals surface area contributed by atoms with Gasteiger partial charge in [-0.2, -0.15) is 0 Å². The lowest BCUT2D eigenvalue weighted by atomic mass is 10.0. The fraction of sp³-hybridized carbons (Fsp3) is 0.316. The van der Waals surface area contributed by atoms with Gasteiger partial charge in [0, 0.05) is 32.8 Å². The van der Waals surface area contributed by atoms with E-state index in [9.17, 15) is 0 Å². The van der Waals surface area contributed by atoms with Crippen molar-refractivity contribution in [3.8, 4) is 0 Å². The second-order valence-electron chi connectivity index (χ2n) is 5.99. The van der Waals surface area contributed by atoms with E-state index in [0.29, 0.717) is 5.92 Å². The summed E-state index contributed by atoms with van der Waals surface area (Å²) in [5.74, 6) is 2.16. The van der Waals surface area contributed by atoms with Gasteiger partial charge in [-0.15, -0.1) is 10.2 Å². The third-order valence-electron chi connectivity index (χ3n) is 4.19. The molecule has 1 aromatic carbocycles. The minimum Gasteiger partial charge on any atom is -0.356 e. The van der Waals surface area contributed by atoms with Crippen LogP contribution in [0.5, 0.6) is 0 Å². The van der Waals surface area contributed by atoms with Crippen molar-refractivity contribution in [1.29, 1.82) is 0 Å². The lowest BCUT2D eigenvalue weighted by Gasteiger charge is -2.16. The first kappa shape index (κ1) is 17.0. The Morgan fingerprint density at radius 3 is 2.68 bits per heavy atom. The van der Waals surface area contributed by atoms with Crippen molar-refractivity contribution < 1.29 is 0 Å². The summed E-state index contributed by atoms with van der Waals surface area (Å²) < 4.78 is 2.01. The monoisotopic (exact) mass is 336 g/mol. The van der Waals surface area contributed by atoms with Gasteiger partial charge in [-0.3, -0.25) is 9.39 Å². The van der Waals surface area contributed by atoms with E-state index in [1.807, 2.05) is 34.9 Å². The Kier molecular flexibility index (Phi) is 5.61. The van der Waals surface area contributed by atoms with Gasteiger partial charge in [-0.05, 0) is 23.6 Å². The maximum atomic E-state index is 4.29. The molecule has 0 saturated carbocycles. The van der Waals surface area contributed by atoms with Crippen LogP contribution in [0.4, 0.5) is 0 Å². The van der Waals surface area contributed by atoms with Crippen LogP contribution in [-0.4, -0.2) is 40.7 Å². The summed E-state index contributed by atoms with van der Waals surface area (Å²) in [5.41, 5.74) is 2.19. The summed E-state index contributed by atoms with van der Waals surface area (Å²) in [7, 11) is 1.79. The molecule has 0 aliphatic rings. The molecule has 0 radical (unpaired) electrons. The molecule has 0 amide bonds. The van der Waals surface area contributed by atoms with E-state index in [2.05, 4.69) is 57.0 Å². The van der Waals surface area contributed by atoms with Crippen molar-refractivity contribution in [2.75, 3.05) is 20.1 Å². The minimum atomic E-state index is 0.417. The molecule has 3 aromatic rings. The normalized spacial score (nSPS) is 13.0. The van der Waals surface area contributed by atoms with Gasteiger partial charge in [0.25, 0.3) is 0 Å². The zero-order valence-electron chi connectivity index (χ0n) is 14.7. The van der Waals surface area contributed by atoms with E-state index in [1.165, 1.54) is 5.56 Å². The van der Waals surface area contributed by atoms with Crippen LogP contribution in [0.15, 0.2) is 59.7 Å². The van der Waals surface area contributed by atoms with Crippen LogP contribution < -0.4 is 10.6 Å². The molecule has 1 atom stereocenters. The molecule has 0 bridgehead atoms. The predicted octanol–water partition coefficient (Wildman–Crippen LogP) is 2.24. The second-order valence-corrected chi connectivity index (χ2v) is 5.99. The van der Waals surface area contributed by atoms with Crippen molar-refractivity contribution in [2.45, 2.75) is 19.3 Å². The van der Waals surface area contributed by atoms with Gasteiger partial charge in [-0.1, -0.05) is 43.3 Å². The van der Waals surface area contributed by atoms with E-state index < -0.39 is 0 Å². The van der Waals surface area contributed by atoms with Gasteiger partial charge in [0.05, 0.1) is 0 Å². The predicted molar refractivity (Wildman–Crippen MR) is 101 cm³/mol. The van der Waals surface area contributed by atoms with Crippen LogP contribution >= 0.6 is 0 Å². The highest BCUT2D eigenvalue weighted by Crippen LogP contribution is 2.12. The molecule has 2 aromatic heterocycles. The smallest absolute Gasteiger partial charge is 0.191 e. The molecule has 3 rings (SSSR count). The van der Waals surface area contributed by atoms with Gasteiger partial charge in [-0.25, -0.2) is 0 Å². The molecule has 0 spiro atoms. The molecule has 0 fully saturated rings. The molecular weight excluding hydrogens is 312 g/mol. The summed E-state index contributed by atoms with van der Waals surface area (Å²) in [4.78, 5) is 4.29. The Morgan fingerprint density at radius 2 is 1.88 bits per heavy atom. The number of benzene rings is 1. The van der Waals surface area contributed by atoms with Crippen molar-refractivity contribution in [2.24, 2.45) is 4.99 Å². The quantitative estimate of drug-likeness (QED) is 0.535. The number of hydrogen-bond donors (Lipinski definition) is 2. The lowest BCUT2D eigenvalue weighted by Crippen LogP contribution is -2.40. The van der Waals surface area contributed by atoms with E-state index in [0.717, 1.165) is 36.9 Å². The fourth-order valence-corrected chi connectivity index (χ4v) is 2.72. The molecular formula is C19H24N6. The topological polar surface area (TPSA) is 66.6 Å². The standard InChI is InChI=1S/C19H24N6/c1-15(16-8-4-3-5-9-16)14-22-19(20-2)21-12-11-18-24-23-17-10-6-7-13-25(17)18/h3-10,13,15H,11-12,14H2,1-2H3,(H2,20,21,22). The minimum absolute atomic E-state index is 0.417. The lowest BCUT2D eigenvalue weighted by molar-refractivity contribution is 0.693. The summed E-state index contributed by atoms with van der Waals surface area (Å²) in [6.07, 6.45) is 2.76. The molecule has 6 heteroatoms. The number of guanidine groups is 1. The number of nitrogens with one attached hydrogen (secondary N) is 2. The maximum Gasteiger partial charge on any atom is 0.191 e. The average Bonchev–Trinajstić information content (AvgIpc) is 3.08. The van der Waals surface area contributed by atoms with Crippen LogP contribution in [0.3, 0.4) is 0 Å². The molecule has 0 aliphatic heterocycles. The zero-order valence-corrected chi connectivity index (χ0v) is 14.7. The second kappa shape index (κ2) is 8.28. The van der Waals surface area contributed by atoms with Crippen LogP contribution in [0, 0.1) is 0 Å². The fourth-order valence-electron chi connectivity index (χ4n) is 2.72. The molecule has 2 heterocycles. The van der Waals surface area contributed by atoms with E-state index >= 15 is 0 Å².